The van der Waals surface area contributed by atoms with Gasteiger partial charge in [0.15, 0.2) is 0 Å². The van der Waals surface area contributed by atoms with Crippen LogP contribution in [0.15, 0.2) is 42.5 Å². The highest BCUT2D eigenvalue weighted by Gasteiger charge is 2.32. The first-order valence-corrected chi connectivity index (χ1v) is 12.8. The largest absolute Gasteiger partial charge is 0.355 e. The summed E-state index contributed by atoms with van der Waals surface area (Å²) in [5.41, 5.74) is 0.262. The monoisotopic (exact) mass is 517 g/mol. The number of carbonyl (C=O) groups is 2. The molecular formula is C22H26Cl2FN3O4S. The quantitative estimate of drug-likeness (QED) is 0.518. The number of halogens is 3. The van der Waals surface area contributed by atoms with Gasteiger partial charge in [-0.15, -0.1) is 0 Å². The van der Waals surface area contributed by atoms with E-state index in [1.54, 1.807) is 26.0 Å². The van der Waals surface area contributed by atoms with Crippen molar-refractivity contribution in [1.29, 1.82) is 0 Å². The van der Waals surface area contributed by atoms with Crippen LogP contribution in [0.4, 0.5) is 10.1 Å². The molecule has 0 bridgehead atoms. The Morgan fingerprint density at radius 2 is 1.79 bits per heavy atom. The normalized spacial score (nSPS) is 12.2. The summed E-state index contributed by atoms with van der Waals surface area (Å²) >= 11 is 12.2. The van der Waals surface area contributed by atoms with E-state index in [1.807, 2.05) is 0 Å². The Labute approximate surface area is 203 Å². The minimum Gasteiger partial charge on any atom is -0.355 e. The molecule has 0 saturated heterocycles. The third-order valence-corrected chi connectivity index (χ3v) is 6.61. The molecule has 11 heteroatoms. The Kier molecular flexibility index (Phi) is 9.51. The summed E-state index contributed by atoms with van der Waals surface area (Å²) in [6.45, 7) is 3.06. The predicted molar refractivity (Wildman–Crippen MR) is 128 cm³/mol. The van der Waals surface area contributed by atoms with Crippen LogP contribution in [-0.2, 0) is 26.2 Å². The molecule has 0 heterocycles. The zero-order chi connectivity index (χ0) is 24.8. The summed E-state index contributed by atoms with van der Waals surface area (Å²) in [6.07, 6.45) is 1.15. The lowest BCUT2D eigenvalue weighted by Gasteiger charge is -2.33. The number of hydrogen-bond donors (Lipinski definition) is 1. The van der Waals surface area contributed by atoms with Gasteiger partial charge in [-0.2, -0.15) is 0 Å². The first-order valence-electron chi connectivity index (χ1n) is 10.2. The minimum atomic E-state index is -4.02. The lowest BCUT2D eigenvalue weighted by molar-refractivity contribution is -0.140. The van der Waals surface area contributed by atoms with Crippen LogP contribution < -0.4 is 9.62 Å². The van der Waals surface area contributed by atoms with E-state index in [2.05, 4.69) is 5.32 Å². The molecule has 180 valence electrons. The van der Waals surface area contributed by atoms with Crippen LogP contribution in [0.1, 0.15) is 25.8 Å². The molecular weight excluding hydrogens is 492 g/mol. The number of rotatable bonds is 10. The molecule has 1 unspecified atom stereocenters. The smallest absolute Gasteiger partial charge is 0.244 e. The molecule has 0 aliphatic carbocycles. The summed E-state index contributed by atoms with van der Waals surface area (Å²) in [5.74, 6) is -1.87. The zero-order valence-corrected chi connectivity index (χ0v) is 20.8. The molecule has 0 aliphatic heterocycles. The van der Waals surface area contributed by atoms with Crippen molar-refractivity contribution in [2.45, 2.75) is 32.9 Å². The summed E-state index contributed by atoms with van der Waals surface area (Å²) in [7, 11) is -4.02. The van der Waals surface area contributed by atoms with Crippen LogP contribution in [0.5, 0.6) is 0 Å². The zero-order valence-electron chi connectivity index (χ0n) is 18.5. The molecule has 0 fully saturated rings. The van der Waals surface area contributed by atoms with Crippen LogP contribution >= 0.6 is 23.2 Å². The highest BCUT2D eigenvalue weighted by molar-refractivity contribution is 7.92. The minimum absolute atomic E-state index is 0.0701. The van der Waals surface area contributed by atoms with E-state index < -0.39 is 40.2 Å². The number of nitrogens with zero attached hydrogens (tertiary/aromatic N) is 2. The standard InChI is InChI=1S/C22H26Cl2FN3O4S/c1-4-19(22(30)26-5-2)27(13-15-10-11-16(23)12-17(15)24)21(29)14-28(33(3,31)32)20-9-7-6-8-18(20)25/h6-12,19H,4-5,13-14H2,1-3H3,(H,26,30). The first-order chi connectivity index (χ1) is 15.5. The number of nitrogens with one attached hydrogen (secondary N) is 1. The highest BCUT2D eigenvalue weighted by Crippen LogP contribution is 2.25. The fourth-order valence-electron chi connectivity index (χ4n) is 3.29. The number of sulfonamides is 1. The van der Waals surface area contributed by atoms with Gasteiger partial charge in [-0.25, -0.2) is 12.8 Å². The van der Waals surface area contributed by atoms with Gasteiger partial charge in [0.05, 0.1) is 11.9 Å². The van der Waals surface area contributed by atoms with Crippen LogP contribution in [0.3, 0.4) is 0 Å². The highest BCUT2D eigenvalue weighted by atomic mass is 35.5. The molecule has 1 atom stereocenters. The van der Waals surface area contributed by atoms with Crippen LogP contribution in [0.25, 0.3) is 0 Å². The van der Waals surface area contributed by atoms with Crippen molar-refractivity contribution in [3.05, 3.63) is 63.9 Å². The molecule has 2 aromatic carbocycles. The van der Waals surface area contributed by atoms with Gasteiger partial charge >= 0.3 is 0 Å². The predicted octanol–water partition coefficient (Wildman–Crippen LogP) is 3.84. The second-order valence-electron chi connectivity index (χ2n) is 7.30. The van der Waals surface area contributed by atoms with Crippen molar-refractivity contribution in [2.24, 2.45) is 0 Å². The van der Waals surface area contributed by atoms with E-state index in [-0.39, 0.29) is 18.7 Å². The number of hydrogen-bond acceptors (Lipinski definition) is 4. The lowest BCUT2D eigenvalue weighted by Crippen LogP contribution is -2.52. The number of likely N-dealkylation sites (N-methyl/N-ethyl adjacent to an activating group) is 1. The molecule has 33 heavy (non-hydrogen) atoms. The maximum Gasteiger partial charge on any atom is 0.244 e. The van der Waals surface area contributed by atoms with Gasteiger partial charge in [-0.05, 0) is 43.2 Å². The van der Waals surface area contributed by atoms with Gasteiger partial charge < -0.3 is 10.2 Å². The maximum absolute atomic E-state index is 14.4. The SMILES string of the molecule is CCNC(=O)C(CC)N(Cc1ccc(Cl)cc1Cl)C(=O)CN(c1ccccc1F)S(C)(=O)=O. The average Bonchev–Trinajstić information content (AvgIpc) is 2.73. The number of para-hydroxylation sites is 1. The van der Waals surface area contributed by atoms with E-state index in [1.165, 1.54) is 29.2 Å². The van der Waals surface area contributed by atoms with E-state index in [4.69, 9.17) is 23.2 Å². The van der Waals surface area contributed by atoms with E-state index in [0.29, 0.717) is 26.5 Å². The summed E-state index contributed by atoms with van der Waals surface area (Å²) in [5, 5.41) is 3.38. The van der Waals surface area contributed by atoms with Gasteiger partial charge in [0.25, 0.3) is 0 Å². The fraction of sp³-hybridized carbons (Fsp3) is 0.364. The molecule has 0 radical (unpaired) electrons. The molecule has 2 aromatic rings. The van der Waals surface area contributed by atoms with Crippen LogP contribution in [0.2, 0.25) is 10.0 Å². The first kappa shape index (κ1) is 26.9. The lowest BCUT2D eigenvalue weighted by atomic mass is 10.1. The van der Waals surface area contributed by atoms with Gasteiger partial charge in [0.2, 0.25) is 21.8 Å². The van der Waals surface area contributed by atoms with Crippen LogP contribution in [0, 0.1) is 5.82 Å². The summed E-state index contributed by atoms with van der Waals surface area (Å²) < 4.78 is 40.0. The van der Waals surface area contributed by atoms with Crippen molar-refractivity contribution in [1.82, 2.24) is 10.2 Å². The second-order valence-corrected chi connectivity index (χ2v) is 10.0. The van der Waals surface area contributed by atoms with E-state index >= 15 is 0 Å². The van der Waals surface area contributed by atoms with Crippen molar-refractivity contribution >= 4 is 50.7 Å². The Morgan fingerprint density at radius 1 is 1.12 bits per heavy atom. The molecule has 0 aromatic heterocycles. The molecule has 2 amide bonds. The number of amides is 2. The molecule has 2 rings (SSSR count). The number of benzene rings is 2. The third kappa shape index (κ3) is 7.06. The summed E-state index contributed by atoms with van der Waals surface area (Å²) in [6, 6.07) is 9.09. The number of carbonyl (C=O) groups excluding carboxylic acids is 2. The molecule has 7 nitrogen and oxygen atoms in total. The Bertz CT molecular complexity index is 1110. The fourth-order valence-corrected chi connectivity index (χ4v) is 4.61. The van der Waals surface area contributed by atoms with Crippen molar-refractivity contribution < 1.29 is 22.4 Å². The van der Waals surface area contributed by atoms with Crippen molar-refractivity contribution in [3.63, 3.8) is 0 Å². The van der Waals surface area contributed by atoms with Gasteiger partial charge in [-0.3, -0.25) is 13.9 Å². The van der Waals surface area contributed by atoms with E-state index in [0.717, 1.165) is 12.3 Å². The average molecular weight is 518 g/mol. The Balaban J connectivity index is 2.48. The summed E-state index contributed by atoms with van der Waals surface area (Å²) in [4.78, 5) is 27.4. The van der Waals surface area contributed by atoms with Gasteiger partial charge in [0.1, 0.15) is 18.4 Å². The molecule has 1 N–H and O–H groups in total. The Morgan fingerprint density at radius 3 is 2.33 bits per heavy atom. The molecule has 0 aliphatic rings. The maximum atomic E-state index is 14.4. The number of anilines is 1. The van der Waals surface area contributed by atoms with Crippen molar-refractivity contribution in [2.75, 3.05) is 23.7 Å². The Hall–Kier alpha value is -2.36. The topological polar surface area (TPSA) is 86.8 Å². The van der Waals surface area contributed by atoms with Crippen LogP contribution in [-0.4, -0.2) is 50.5 Å². The molecule has 0 spiro atoms. The van der Waals surface area contributed by atoms with E-state index in [9.17, 15) is 22.4 Å². The van der Waals surface area contributed by atoms with Crippen molar-refractivity contribution in [3.8, 4) is 0 Å². The third-order valence-electron chi connectivity index (χ3n) is 4.89. The van der Waals surface area contributed by atoms with Gasteiger partial charge in [0, 0.05) is 23.1 Å². The molecule has 0 saturated carbocycles. The van der Waals surface area contributed by atoms with Gasteiger partial charge in [-0.1, -0.05) is 48.3 Å². The second kappa shape index (κ2) is 11.7.